The second kappa shape index (κ2) is 7.58. The molecule has 0 bridgehead atoms. The van der Waals surface area contributed by atoms with E-state index in [0.29, 0.717) is 6.42 Å². The zero-order chi connectivity index (χ0) is 16.1. The standard InChI is InChI=1S/C17H25IO3/c1-16(2,12-19)9-6-10-17(3,15(20)21-4)13-7-5-8-14(18)11-13/h5,7-8,11,19H,6,9-10,12H2,1-4H3. The van der Waals surface area contributed by atoms with Crippen molar-refractivity contribution in [2.75, 3.05) is 13.7 Å². The number of hydrogen-bond acceptors (Lipinski definition) is 3. The van der Waals surface area contributed by atoms with Crippen LogP contribution in [0.25, 0.3) is 0 Å². The number of esters is 1. The van der Waals surface area contributed by atoms with Crippen LogP contribution in [0.4, 0.5) is 0 Å². The summed E-state index contributed by atoms with van der Waals surface area (Å²) >= 11 is 2.25. The molecule has 0 aliphatic carbocycles. The Morgan fingerprint density at radius 3 is 2.48 bits per heavy atom. The Bertz CT molecular complexity index is 485. The van der Waals surface area contributed by atoms with Gasteiger partial charge in [-0.25, -0.2) is 0 Å². The maximum Gasteiger partial charge on any atom is 0.315 e. The maximum atomic E-state index is 12.3. The molecule has 0 spiro atoms. The minimum absolute atomic E-state index is 0.109. The van der Waals surface area contributed by atoms with Crippen molar-refractivity contribution < 1.29 is 14.6 Å². The van der Waals surface area contributed by atoms with E-state index in [-0.39, 0.29) is 18.0 Å². The third-order valence-electron chi connectivity index (χ3n) is 4.06. The van der Waals surface area contributed by atoms with E-state index in [1.54, 1.807) is 0 Å². The molecular weight excluding hydrogens is 379 g/mol. The zero-order valence-corrected chi connectivity index (χ0v) is 15.4. The number of aliphatic hydroxyl groups excluding tert-OH is 1. The average Bonchev–Trinajstić information content (AvgIpc) is 2.46. The van der Waals surface area contributed by atoms with Gasteiger partial charge >= 0.3 is 5.97 Å². The van der Waals surface area contributed by atoms with Crippen LogP contribution in [0.15, 0.2) is 24.3 Å². The van der Waals surface area contributed by atoms with E-state index in [4.69, 9.17) is 4.74 Å². The highest BCUT2D eigenvalue weighted by Crippen LogP contribution is 2.34. The summed E-state index contributed by atoms with van der Waals surface area (Å²) in [5, 5.41) is 9.34. The predicted octanol–water partition coefficient (Wildman–Crippen LogP) is 3.91. The Kier molecular flexibility index (Phi) is 6.66. The molecule has 0 heterocycles. The van der Waals surface area contributed by atoms with E-state index in [9.17, 15) is 9.90 Å². The average molecular weight is 404 g/mol. The van der Waals surface area contributed by atoms with Crippen LogP contribution in [0.3, 0.4) is 0 Å². The first-order chi connectivity index (χ1) is 9.75. The summed E-state index contributed by atoms with van der Waals surface area (Å²) in [5.41, 5.74) is 0.243. The largest absolute Gasteiger partial charge is 0.468 e. The predicted molar refractivity (Wildman–Crippen MR) is 93.2 cm³/mol. The molecule has 118 valence electrons. The van der Waals surface area contributed by atoms with Gasteiger partial charge in [-0.15, -0.1) is 0 Å². The van der Waals surface area contributed by atoms with Crippen LogP contribution in [0.2, 0.25) is 0 Å². The smallest absolute Gasteiger partial charge is 0.315 e. The van der Waals surface area contributed by atoms with Gasteiger partial charge in [0.25, 0.3) is 0 Å². The topological polar surface area (TPSA) is 46.5 Å². The lowest BCUT2D eigenvalue weighted by atomic mass is 9.76. The van der Waals surface area contributed by atoms with E-state index >= 15 is 0 Å². The van der Waals surface area contributed by atoms with Crippen LogP contribution in [0.1, 0.15) is 45.6 Å². The molecule has 0 saturated carbocycles. The quantitative estimate of drug-likeness (QED) is 0.554. The number of ether oxygens (including phenoxy) is 1. The Labute approximate surface area is 141 Å². The van der Waals surface area contributed by atoms with Gasteiger partial charge in [-0.05, 0) is 65.5 Å². The summed E-state index contributed by atoms with van der Waals surface area (Å²) in [6, 6.07) is 8.00. The lowest BCUT2D eigenvalue weighted by molar-refractivity contribution is -0.147. The molecule has 0 aliphatic rings. The third kappa shape index (κ3) is 4.95. The summed E-state index contributed by atoms with van der Waals surface area (Å²) in [4.78, 5) is 12.3. The molecular formula is C17H25IO3. The summed E-state index contributed by atoms with van der Waals surface area (Å²) in [7, 11) is 1.44. The molecule has 0 aliphatic heterocycles. The molecule has 21 heavy (non-hydrogen) atoms. The molecule has 1 aromatic carbocycles. The van der Waals surface area contributed by atoms with Crippen molar-refractivity contribution in [1.82, 2.24) is 0 Å². The summed E-state index contributed by atoms with van der Waals surface area (Å²) < 4.78 is 6.14. The van der Waals surface area contributed by atoms with Crippen molar-refractivity contribution in [3.63, 3.8) is 0 Å². The minimum atomic E-state index is -0.637. The van der Waals surface area contributed by atoms with Gasteiger partial charge in [-0.3, -0.25) is 4.79 Å². The number of carbonyl (C=O) groups is 1. The van der Waals surface area contributed by atoms with Gasteiger partial charge in [0.05, 0.1) is 12.5 Å². The molecule has 4 heteroatoms. The van der Waals surface area contributed by atoms with Crippen LogP contribution in [-0.2, 0) is 14.9 Å². The Morgan fingerprint density at radius 1 is 1.29 bits per heavy atom. The van der Waals surface area contributed by atoms with Crippen LogP contribution in [0.5, 0.6) is 0 Å². The fraction of sp³-hybridized carbons (Fsp3) is 0.588. The Morgan fingerprint density at radius 2 is 1.95 bits per heavy atom. The summed E-state index contributed by atoms with van der Waals surface area (Å²) in [6.07, 6.45) is 2.45. The van der Waals surface area contributed by atoms with Gasteiger partial charge in [0.2, 0.25) is 0 Å². The fourth-order valence-electron chi connectivity index (χ4n) is 2.42. The van der Waals surface area contributed by atoms with E-state index in [1.165, 1.54) is 7.11 Å². The molecule has 1 unspecified atom stereocenters. The van der Waals surface area contributed by atoms with E-state index in [1.807, 2.05) is 45.0 Å². The van der Waals surface area contributed by atoms with Crippen LogP contribution >= 0.6 is 22.6 Å². The van der Waals surface area contributed by atoms with Gasteiger partial charge in [-0.2, -0.15) is 0 Å². The van der Waals surface area contributed by atoms with Gasteiger partial charge in [0.15, 0.2) is 0 Å². The number of carbonyl (C=O) groups excluding carboxylic acids is 1. The number of hydrogen-bond donors (Lipinski definition) is 1. The monoisotopic (exact) mass is 404 g/mol. The van der Waals surface area contributed by atoms with Crippen molar-refractivity contribution in [1.29, 1.82) is 0 Å². The van der Waals surface area contributed by atoms with Gasteiger partial charge in [-0.1, -0.05) is 32.4 Å². The molecule has 0 saturated heterocycles. The van der Waals surface area contributed by atoms with Gasteiger partial charge in [0.1, 0.15) is 0 Å². The lowest BCUT2D eigenvalue weighted by Crippen LogP contribution is -2.34. The van der Waals surface area contributed by atoms with Crippen LogP contribution in [-0.4, -0.2) is 24.8 Å². The van der Waals surface area contributed by atoms with Crippen molar-refractivity contribution >= 4 is 28.6 Å². The second-order valence-electron chi connectivity index (χ2n) is 6.51. The minimum Gasteiger partial charge on any atom is -0.468 e. The van der Waals surface area contributed by atoms with E-state index in [0.717, 1.165) is 22.0 Å². The highest BCUT2D eigenvalue weighted by molar-refractivity contribution is 14.1. The first kappa shape index (κ1) is 18.4. The molecule has 3 nitrogen and oxygen atoms in total. The number of aliphatic hydroxyl groups is 1. The second-order valence-corrected chi connectivity index (χ2v) is 7.76. The molecule has 0 aromatic heterocycles. The molecule has 0 amide bonds. The highest BCUT2D eigenvalue weighted by Gasteiger charge is 2.36. The lowest BCUT2D eigenvalue weighted by Gasteiger charge is -2.29. The number of halogens is 1. The molecule has 1 N–H and O–H groups in total. The summed E-state index contributed by atoms with van der Waals surface area (Å²) in [5.74, 6) is -0.202. The molecule has 1 atom stereocenters. The first-order valence-corrected chi connectivity index (χ1v) is 8.28. The Hall–Kier alpha value is -0.620. The maximum absolute atomic E-state index is 12.3. The van der Waals surface area contributed by atoms with Crippen molar-refractivity contribution in [3.05, 3.63) is 33.4 Å². The molecule has 1 rings (SSSR count). The van der Waals surface area contributed by atoms with E-state index < -0.39 is 5.41 Å². The van der Waals surface area contributed by atoms with Crippen LogP contribution < -0.4 is 0 Å². The molecule has 1 aromatic rings. The van der Waals surface area contributed by atoms with Gasteiger partial charge in [0, 0.05) is 10.2 Å². The molecule has 0 radical (unpaired) electrons. The normalized spacial score (nSPS) is 14.6. The number of benzene rings is 1. The van der Waals surface area contributed by atoms with Gasteiger partial charge < -0.3 is 9.84 Å². The first-order valence-electron chi connectivity index (χ1n) is 7.20. The van der Waals surface area contributed by atoms with Crippen molar-refractivity contribution in [2.24, 2.45) is 5.41 Å². The third-order valence-corrected chi connectivity index (χ3v) is 4.73. The number of methoxy groups -OCH3 is 1. The van der Waals surface area contributed by atoms with Crippen molar-refractivity contribution in [2.45, 2.75) is 45.4 Å². The summed E-state index contributed by atoms with van der Waals surface area (Å²) in [6.45, 7) is 6.17. The fourth-order valence-corrected chi connectivity index (χ4v) is 2.96. The van der Waals surface area contributed by atoms with Crippen LogP contribution in [0, 0.1) is 8.99 Å². The SMILES string of the molecule is COC(=O)C(C)(CCCC(C)(C)CO)c1cccc(I)c1. The zero-order valence-electron chi connectivity index (χ0n) is 13.3. The van der Waals surface area contributed by atoms with E-state index in [2.05, 4.69) is 22.6 Å². The molecule has 0 fully saturated rings. The number of rotatable bonds is 7. The van der Waals surface area contributed by atoms with Crippen molar-refractivity contribution in [3.8, 4) is 0 Å². The Balaban J connectivity index is 2.92. The highest BCUT2D eigenvalue weighted by atomic mass is 127.